The smallest absolute Gasteiger partial charge is 1.00 e. The monoisotopic (exact) mass is 492 g/mol. The van der Waals surface area contributed by atoms with Crippen LogP contribution in [0.2, 0.25) is 0 Å². The Morgan fingerprint density at radius 1 is 0.682 bits per heavy atom. The van der Waals surface area contributed by atoms with E-state index < -0.39 is 22.9 Å². The van der Waals surface area contributed by atoms with E-state index in [2.05, 4.69) is 60.7 Å². The number of rotatable bonds is 0. The molecule has 0 amide bonds. The Balaban J connectivity index is 0.000000720. The van der Waals surface area contributed by atoms with Gasteiger partial charge in [0.05, 0.1) is 0 Å². The Bertz CT molecular complexity index is 726. The molecule has 108 valence electrons. The van der Waals surface area contributed by atoms with E-state index in [1.54, 1.807) is 22.3 Å². The summed E-state index contributed by atoms with van der Waals surface area (Å²) in [5, 5.41) is 0. The minimum absolute atomic E-state index is 0. The number of hydrogen-bond donors (Lipinski definition) is 0. The van der Waals surface area contributed by atoms with Gasteiger partial charge in [-0.05, 0) is 0 Å². The quantitative estimate of drug-likeness (QED) is 0.405. The number of benzene rings is 2. The van der Waals surface area contributed by atoms with Crippen LogP contribution < -0.4 is 24.8 Å². The van der Waals surface area contributed by atoms with Crippen LogP contribution in [0.3, 0.4) is 0 Å². The molecule has 0 nitrogen and oxygen atoms in total. The Labute approximate surface area is 154 Å². The van der Waals surface area contributed by atoms with Crippen LogP contribution in [-0.4, -0.2) is 0 Å². The van der Waals surface area contributed by atoms with Crippen molar-refractivity contribution in [1.82, 2.24) is 0 Å². The first-order valence-electron chi connectivity index (χ1n) is 7.25. The van der Waals surface area contributed by atoms with Crippen LogP contribution in [0.4, 0.5) is 0 Å². The summed E-state index contributed by atoms with van der Waals surface area (Å²) in [6.45, 7) is 0. The molecule has 1 fully saturated rings. The van der Waals surface area contributed by atoms with Gasteiger partial charge in [-0.25, -0.2) is 0 Å². The molecule has 5 rings (SSSR count). The Morgan fingerprint density at radius 3 is 1.64 bits per heavy atom. The molecule has 0 N–H and O–H groups in total. The topological polar surface area (TPSA) is 0 Å². The predicted molar refractivity (Wildman–Crippen MR) is 78.9 cm³/mol. The molecule has 0 saturated carbocycles. The van der Waals surface area contributed by atoms with Crippen LogP contribution in [0, 0.1) is 0 Å². The van der Waals surface area contributed by atoms with Crippen molar-refractivity contribution in [3.05, 3.63) is 81.9 Å². The summed E-state index contributed by atoms with van der Waals surface area (Å²) < 4.78 is 1.69. The maximum atomic E-state index is 2.48. The summed E-state index contributed by atoms with van der Waals surface area (Å²) in [6.07, 6.45) is 6.17. The van der Waals surface area contributed by atoms with Gasteiger partial charge in [0.15, 0.2) is 0 Å². The van der Waals surface area contributed by atoms with Crippen molar-refractivity contribution in [3.8, 4) is 0 Å². The van der Waals surface area contributed by atoms with Crippen molar-refractivity contribution in [2.45, 2.75) is 13.8 Å². The molecule has 1 aliphatic heterocycles. The third kappa shape index (κ3) is 2.29. The van der Waals surface area contributed by atoms with E-state index in [0.717, 1.165) is 7.35 Å². The van der Waals surface area contributed by atoms with Gasteiger partial charge in [0, 0.05) is 0 Å². The second-order valence-electron chi connectivity index (χ2n) is 5.91. The molecule has 22 heavy (non-hydrogen) atoms. The SMILES string of the molecule is C1=C2CC3=Cc4ccccc4[CH]3[Hf+2][CH]2c2ccccc21.[Cl-].[Cl-]. The summed E-state index contributed by atoms with van der Waals surface area (Å²) in [5.41, 5.74) is 9.68. The van der Waals surface area contributed by atoms with Gasteiger partial charge in [0.25, 0.3) is 0 Å². The van der Waals surface area contributed by atoms with E-state index >= 15 is 0 Å². The summed E-state index contributed by atoms with van der Waals surface area (Å²) in [5.74, 6) is 0. The molecule has 0 bridgehead atoms. The average molecular weight is 492 g/mol. The van der Waals surface area contributed by atoms with E-state index in [-0.39, 0.29) is 24.8 Å². The molecule has 3 aliphatic rings. The fourth-order valence-electron chi connectivity index (χ4n) is 3.88. The molecule has 2 aromatic carbocycles. The number of fused-ring (bicyclic) bond motifs is 6. The van der Waals surface area contributed by atoms with E-state index in [1.807, 2.05) is 0 Å². The Kier molecular flexibility index (Phi) is 4.51. The second kappa shape index (κ2) is 6.11. The van der Waals surface area contributed by atoms with Gasteiger partial charge in [0.2, 0.25) is 0 Å². The molecule has 0 spiro atoms. The number of halogens is 2. The number of hydrogen-bond acceptors (Lipinski definition) is 0. The predicted octanol–water partition coefficient (Wildman–Crippen LogP) is -1.24. The summed E-state index contributed by atoms with van der Waals surface area (Å²) in [7, 11) is 0. The van der Waals surface area contributed by atoms with Gasteiger partial charge in [-0.1, -0.05) is 0 Å². The maximum Gasteiger partial charge on any atom is -1.00 e. The maximum absolute atomic E-state index is 2.48. The van der Waals surface area contributed by atoms with Crippen LogP contribution in [0.25, 0.3) is 12.2 Å². The normalized spacial score (nSPS) is 22.2. The zero-order valence-electron chi connectivity index (χ0n) is 11.9. The van der Waals surface area contributed by atoms with Crippen molar-refractivity contribution in [3.63, 3.8) is 0 Å². The first kappa shape index (κ1) is 16.2. The third-order valence-electron chi connectivity index (χ3n) is 4.78. The molecule has 1 saturated heterocycles. The van der Waals surface area contributed by atoms with Crippen molar-refractivity contribution in [1.29, 1.82) is 0 Å². The molecule has 2 aliphatic carbocycles. The standard InChI is InChI=1S/C19H14.2ClH.Hf/c1-2-6-17-11-14(10-16(17)5-1)9-15-12-18-7-3-4-8-19(18)13-15;;;/h1-8,10-13H,9H2;2*1H;/q;;;+2/p-2. The zero-order valence-corrected chi connectivity index (χ0v) is 17.0. The molecular weight excluding hydrogens is 478 g/mol. The van der Waals surface area contributed by atoms with E-state index in [9.17, 15) is 0 Å². The van der Waals surface area contributed by atoms with E-state index in [1.165, 1.54) is 17.5 Å². The van der Waals surface area contributed by atoms with Gasteiger partial charge in [0.1, 0.15) is 0 Å². The summed E-state index contributed by atoms with van der Waals surface area (Å²) in [4.78, 5) is 0. The second-order valence-corrected chi connectivity index (χ2v) is 11.3. The first-order valence-corrected chi connectivity index (χ1v) is 11.4. The summed E-state index contributed by atoms with van der Waals surface area (Å²) in [6, 6.07) is 18.1. The van der Waals surface area contributed by atoms with Crippen molar-refractivity contribution in [2.75, 3.05) is 0 Å². The van der Waals surface area contributed by atoms with Crippen LogP contribution >= 0.6 is 0 Å². The summed E-state index contributed by atoms with van der Waals surface area (Å²) >= 11 is -0.765. The van der Waals surface area contributed by atoms with E-state index in [0.29, 0.717) is 0 Å². The average Bonchev–Trinajstić information content (AvgIpc) is 3.02. The van der Waals surface area contributed by atoms with Gasteiger partial charge in [-0.3, -0.25) is 0 Å². The van der Waals surface area contributed by atoms with Gasteiger partial charge in [-0.15, -0.1) is 0 Å². The Hall–Kier alpha value is -0.630. The van der Waals surface area contributed by atoms with Crippen LogP contribution in [-0.2, 0) is 22.9 Å². The molecule has 0 aromatic heterocycles. The molecule has 1 heterocycles. The van der Waals surface area contributed by atoms with Crippen LogP contribution in [0.15, 0.2) is 59.7 Å². The molecule has 2 atom stereocenters. The minimum Gasteiger partial charge on any atom is -1.00 e. The molecule has 3 heteroatoms. The zero-order chi connectivity index (χ0) is 13.1. The van der Waals surface area contributed by atoms with E-state index in [4.69, 9.17) is 0 Å². The fourth-order valence-corrected chi connectivity index (χ4v) is 11.1. The molecule has 0 radical (unpaired) electrons. The molecule has 2 aromatic rings. The van der Waals surface area contributed by atoms with Crippen molar-refractivity contribution in [2.24, 2.45) is 0 Å². The van der Waals surface area contributed by atoms with Crippen LogP contribution in [0.1, 0.15) is 36.0 Å². The van der Waals surface area contributed by atoms with Crippen LogP contribution in [0.5, 0.6) is 0 Å². The van der Waals surface area contributed by atoms with Crippen molar-refractivity contribution >= 4 is 12.2 Å². The largest absolute Gasteiger partial charge is 1.00 e. The van der Waals surface area contributed by atoms with Crippen molar-refractivity contribution < 1.29 is 47.7 Å². The fraction of sp³-hybridized carbons (Fsp3) is 0.158. The Morgan fingerprint density at radius 2 is 1.14 bits per heavy atom. The van der Waals surface area contributed by atoms with Gasteiger partial charge >= 0.3 is 131 Å². The molecule has 2 unspecified atom stereocenters. The van der Waals surface area contributed by atoms with Gasteiger partial charge < -0.3 is 24.8 Å². The minimum atomic E-state index is -0.765. The van der Waals surface area contributed by atoms with Gasteiger partial charge in [-0.2, -0.15) is 0 Å². The number of allylic oxidation sites excluding steroid dienone is 2. The molecular formula is C19H14Cl2Hf. The third-order valence-corrected chi connectivity index (χ3v) is 12.1. The first-order chi connectivity index (χ1) is 9.90.